The van der Waals surface area contributed by atoms with E-state index in [-0.39, 0.29) is 40.6 Å². The van der Waals surface area contributed by atoms with Gasteiger partial charge in [0.2, 0.25) is 0 Å². The van der Waals surface area contributed by atoms with E-state index in [1.165, 1.54) is 25.3 Å². The lowest BCUT2D eigenvalue weighted by molar-refractivity contribution is 0.0178. The largest absolute Gasteiger partial charge is 0.491 e. The number of aromatic nitrogens is 1. The minimum absolute atomic E-state index is 0.0376. The summed E-state index contributed by atoms with van der Waals surface area (Å²) in [4.78, 5) is 32.7. The molecule has 1 aromatic heterocycles. The number of nitrogens with zero attached hydrogens (tertiary/aromatic N) is 3. The summed E-state index contributed by atoms with van der Waals surface area (Å²) in [5.41, 5.74) is -0.240. The van der Waals surface area contributed by atoms with Crippen LogP contribution < -0.4 is 15.0 Å². The number of piperazine rings is 1. The van der Waals surface area contributed by atoms with Crippen molar-refractivity contribution in [3.8, 4) is 5.75 Å². The number of pyridine rings is 1. The van der Waals surface area contributed by atoms with E-state index >= 15 is 0 Å². The monoisotopic (exact) mass is 480 g/mol. The third kappa shape index (κ3) is 5.46. The number of carboxylic acids is 1. The molecule has 3 aliphatic rings. The highest BCUT2D eigenvalue weighted by Crippen LogP contribution is 2.49. The van der Waals surface area contributed by atoms with Gasteiger partial charge in [0.25, 0.3) is 0 Å². The van der Waals surface area contributed by atoms with Gasteiger partial charge in [-0.1, -0.05) is 18.0 Å². The van der Waals surface area contributed by atoms with Crippen molar-refractivity contribution in [1.29, 1.82) is 0 Å². The van der Waals surface area contributed by atoms with Crippen LogP contribution in [0.15, 0.2) is 6.07 Å². The number of aromatic carboxylic acids is 1. The van der Waals surface area contributed by atoms with Gasteiger partial charge in [0.15, 0.2) is 0 Å². The Hall–Kier alpha value is -2.26. The molecule has 1 amide bonds. The van der Waals surface area contributed by atoms with Gasteiger partial charge in [0.05, 0.1) is 6.04 Å². The number of carbonyl (C=O) groups excluding carboxylic acids is 1. The number of halogens is 1. The van der Waals surface area contributed by atoms with Crippen LogP contribution in [0, 0.1) is 5.41 Å². The zero-order valence-corrected chi connectivity index (χ0v) is 20.3. The Morgan fingerprint density at radius 1 is 1.30 bits per heavy atom. The van der Waals surface area contributed by atoms with E-state index in [0.717, 1.165) is 19.5 Å². The van der Waals surface area contributed by atoms with E-state index in [4.69, 9.17) is 21.1 Å². The minimum atomic E-state index is -1.09. The van der Waals surface area contributed by atoms with Gasteiger partial charge in [-0.2, -0.15) is 0 Å². The molecule has 10 heteroatoms. The number of amides is 1. The van der Waals surface area contributed by atoms with E-state index in [1.807, 2.05) is 25.7 Å². The SMILES string of the molecule is CC(C)(C)OC(=O)N1CCN[C@@H](COc2cc(Cl)nc(N3CCC4(CCC4)C3)c2C(=O)O)C1. The van der Waals surface area contributed by atoms with Crippen molar-refractivity contribution in [3.63, 3.8) is 0 Å². The molecule has 0 bridgehead atoms. The standard InChI is InChI=1S/C23H33ClN4O5/c1-22(2,3)33-21(31)27-10-8-25-15(12-27)13-32-16-11-17(24)26-19(18(16)20(29)30)28-9-7-23(14-28)5-4-6-23/h11,15,25H,4-10,12-14H2,1-3H3,(H,29,30)/t15-/m1/s1. The first-order valence-electron chi connectivity index (χ1n) is 11.6. The maximum Gasteiger partial charge on any atom is 0.410 e. The summed E-state index contributed by atoms with van der Waals surface area (Å²) in [6.07, 6.45) is 4.26. The first-order valence-corrected chi connectivity index (χ1v) is 12.0. The van der Waals surface area contributed by atoms with Crippen LogP contribution in [0.2, 0.25) is 5.15 Å². The van der Waals surface area contributed by atoms with E-state index in [1.54, 1.807) is 4.90 Å². The molecule has 182 valence electrons. The molecular weight excluding hydrogens is 448 g/mol. The Morgan fingerprint density at radius 3 is 2.67 bits per heavy atom. The fourth-order valence-electron chi connectivity index (χ4n) is 4.84. The Balaban J connectivity index is 1.46. The van der Waals surface area contributed by atoms with Crippen LogP contribution in [-0.4, -0.2) is 78.0 Å². The van der Waals surface area contributed by atoms with Gasteiger partial charge >= 0.3 is 12.1 Å². The zero-order chi connectivity index (χ0) is 23.8. The van der Waals surface area contributed by atoms with Crippen molar-refractivity contribution >= 4 is 29.5 Å². The van der Waals surface area contributed by atoms with Crippen LogP contribution in [0.4, 0.5) is 10.6 Å². The predicted octanol–water partition coefficient (Wildman–Crippen LogP) is 3.40. The van der Waals surface area contributed by atoms with Crippen LogP contribution in [0.5, 0.6) is 5.75 Å². The van der Waals surface area contributed by atoms with Crippen LogP contribution in [-0.2, 0) is 4.74 Å². The van der Waals surface area contributed by atoms with Gasteiger partial charge < -0.3 is 29.7 Å². The van der Waals surface area contributed by atoms with Gasteiger partial charge in [-0.3, -0.25) is 0 Å². The lowest BCUT2D eigenvalue weighted by atomic mass is 9.68. The van der Waals surface area contributed by atoms with Gasteiger partial charge in [0.1, 0.15) is 34.5 Å². The average molecular weight is 481 g/mol. The number of nitrogens with one attached hydrogen (secondary N) is 1. The molecule has 3 fully saturated rings. The van der Waals surface area contributed by atoms with E-state index in [0.29, 0.717) is 25.5 Å². The molecule has 2 N–H and O–H groups in total. The molecule has 1 atom stereocenters. The number of rotatable bonds is 5. The molecule has 4 rings (SSSR count). The molecule has 1 aliphatic carbocycles. The normalized spacial score (nSPS) is 22.2. The van der Waals surface area contributed by atoms with Crippen molar-refractivity contribution in [2.75, 3.05) is 44.2 Å². The Morgan fingerprint density at radius 2 is 2.06 bits per heavy atom. The van der Waals surface area contributed by atoms with Crippen LogP contribution in [0.3, 0.4) is 0 Å². The number of carbonyl (C=O) groups is 2. The topological polar surface area (TPSA) is 104 Å². The second-order valence-electron chi connectivity index (χ2n) is 10.4. The third-order valence-electron chi connectivity index (χ3n) is 6.65. The number of hydrogen-bond acceptors (Lipinski definition) is 7. The molecule has 2 saturated heterocycles. The van der Waals surface area contributed by atoms with Crippen molar-refractivity contribution in [3.05, 3.63) is 16.8 Å². The summed E-state index contributed by atoms with van der Waals surface area (Å²) in [5.74, 6) is -0.519. The molecule has 1 aromatic rings. The Kier molecular flexibility index (Phi) is 6.64. The number of ether oxygens (including phenoxy) is 2. The first-order chi connectivity index (χ1) is 15.6. The molecule has 0 aromatic carbocycles. The average Bonchev–Trinajstić information content (AvgIpc) is 3.17. The Labute approximate surface area is 199 Å². The highest BCUT2D eigenvalue weighted by Gasteiger charge is 2.44. The van der Waals surface area contributed by atoms with Gasteiger partial charge in [-0.15, -0.1) is 0 Å². The molecule has 0 unspecified atom stereocenters. The molecule has 9 nitrogen and oxygen atoms in total. The summed E-state index contributed by atoms with van der Waals surface area (Å²) >= 11 is 6.28. The molecular formula is C23H33ClN4O5. The van der Waals surface area contributed by atoms with E-state index in [9.17, 15) is 14.7 Å². The summed E-state index contributed by atoms with van der Waals surface area (Å²) in [6, 6.07) is 1.28. The molecule has 2 aliphatic heterocycles. The zero-order valence-electron chi connectivity index (χ0n) is 19.5. The fourth-order valence-corrected chi connectivity index (χ4v) is 5.02. The van der Waals surface area contributed by atoms with Crippen molar-refractivity contribution in [2.24, 2.45) is 5.41 Å². The van der Waals surface area contributed by atoms with Crippen LogP contribution >= 0.6 is 11.6 Å². The van der Waals surface area contributed by atoms with Crippen molar-refractivity contribution < 1.29 is 24.2 Å². The lowest BCUT2D eigenvalue weighted by Gasteiger charge is -2.38. The predicted molar refractivity (Wildman–Crippen MR) is 124 cm³/mol. The van der Waals surface area contributed by atoms with E-state index in [2.05, 4.69) is 10.3 Å². The summed E-state index contributed by atoms with van der Waals surface area (Å²) in [7, 11) is 0. The van der Waals surface area contributed by atoms with Gasteiger partial charge in [-0.25, -0.2) is 14.6 Å². The second-order valence-corrected chi connectivity index (χ2v) is 10.7. The number of anilines is 1. The molecule has 1 spiro atoms. The summed E-state index contributed by atoms with van der Waals surface area (Å²) in [5, 5.41) is 13.5. The van der Waals surface area contributed by atoms with Crippen LogP contribution in [0.25, 0.3) is 0 Å². The first kappa shape index (κ1) is 23.9. The van der Waals surface area contributed by atoms with Crippen molar-refractivity contribution in [1.82, 2.24) is 15.2 Å². The maximum absolute atomic E-state index is 12.4. The number of carboxylic acid groups (broad SMARTS) is 1. The molecule has 33 heavy (non-hydrogen) atoms. The van der Waals surface area contributed by atoms with Gasteiger partial charge in [-0.05, 0) is 45.4 Å². The maximum atomic E-state index is 12.4. The third-order valence-corrected chi connectivity index (χ3v) is 6.84. The quantitative estimate of drug-likeness (QED) is 0.618. The second kappa shape index (κ2) is 9.18. The fraction of sp³-hybridized carbons (Fsp3) is 0.696. The molecule has 3 heterocycles. The smallest absolute Gasteiger partial charge is 0.410 e. The van der Waals surface area contributed by atoms with E-state index < -0.39 is 11.6 Å². The molecule has 0 radical (unpaired) electrons. The lowest BCUT2D eigenvalue weighted by Crippen LogP contribution is -2.55. The highest BCUT2D eigenvalue weighted by atomic mass is 35.5. The van der Waals surface area contributed by atoms with Crippen LogP contribution in [0.1, 0.15) is 56.8 Å². The molecule has 1 saturated carbocycles. The number of hydrogen-bond donors (Lipinski definition) is 2. The minimum Gasteiger partial charge on any atom is -0.491 e. The summed E-state index contributed by atoms with van der Waals surface area (Å²) < 4.78 is 11.4. The summed E-state index contributed by atoms with van der Waals surface area (Å²) in [6.45, 7) is 8.78. The Bertz CT molecular complexity index is 915. The highest BCUT2D eigenvalue weighted by molar-refractivity contribution is 6.29. The van der Waals surface area contributed by atoms with Crippen molar-refractivity contribution in [2.45, 2.75) is 58.1 Å². The van der Waals surface area contributed by atoms with Gasteiger partial charge in [0, 0.05) is 38.8 Å².